The summed E-state index contributed by atoms with van der Waals surface area (Å²) in [6.45, 7) is 8.64. The van der Waals surface area contributed by atoms with Crippen LogP contribution in [0.1, 0.15) is 30.6 Å². The van der Waals surface area contributed by atoms with E-state index in [4.69, 9.17) is 0 Å². The van der Waals surface area contributed by atoms with E-state index >= 15 is 0 Å². The number of rotatable bonds is 6. The highest BCUT2D eigenvalue weighted by atomic mass is 16.1. The van der Waals surface area contributed by atoms with Gasteiger partial charge in [-0.3, -0.25) is 4.79 Å². The average Bonchev–Trinajstić information content (AvgIpc) is 2.91. The van der Waals surface area contributed by atoms with Gasteiger partial charge in [-0.25, -0.2) is 4.98 Å². The van der Waals surface area contributed by atoms with Gasteiger partial charge in [-0.1, -0.05) is 13.8 Å². The van der Waals surface area contributed by atoms with Crippen LogP contribution in [0.15, 0.2) is 18.3 Å². The van der Waals surface area contributed by atoms with Gasteiger partial charge < -0.3 is 15.5 Å². The van der Waals surface area contributed by atoms with Crippen LogP contribution in [-0.2, 0) is 0 Å². The number of nitrogens with zero attached hydrogens (tertiary/aromatic N) is 2. The Bertz CT molecular complexity index is 458. The third-order valence-corrected chi connectivity index (χ3v) is 3.83. The molecule has 1 amide bonds. The summed E-state index contributed by atoms with van der Waals surface area (Å²) in [5.74, 6) is 2.01. The molecular formula is C16H26N4O. The first kappa shape index (κ1) is 15.8. The van der Waals surface area contributed by atoms with Crippen LogP contribution in [0.25, 0.3) is 0 Å². The van der Waals surface area contributed by atoms with Gasteiger partial charge in [-0.15, -0.1) is 0 Å². The minimum atomic E-state index is -0.0348. The molecule has 1 fully saturated rings. The molecule has 2 N–H and O–H groups in total. The van der Waals surface area contributed by atoms with Crippen molar-refractivity contribution >= 4 is 11.7 Å². The second kappa shape index (κ2) is 7.41. The van der Waals surface area contributed by atoms with E-state index in [0.29, 0.717) is 17.4 Å². The molecule has 0 aromatic carbocycles. The summed E-state index contributed by atoms with van der Waals surface area (Å²) in [7, 11) is 1.81. The first-order chi connectivity index (χ1) is 10.1. The summed E-state index contributed by atoms with van der Waals surface area (Å²) in [5.41, 5.74) is 0.617. The molecule has 1 aromatic heterocycles. The van der Waals surface area contributed by atoms with Crippen molar-refractivity contribution in [1.82, 2.24) is 15.2 Å². The SMILES string of the molecule is CNc1ccc(C(=O)NC[C@@H]2CCN(CC(C)C)C2)cn1. The van der Waals surface area contributed by atoms with E-state index in [0.717, 1.165) is 32.0 Å². The fourth-order valence-corrected chi connectivity index (χ4v) is 2.78. The molecule has 21 heavy (non-hydrogen) atoms. The van der Waals surface area contributed by atoms with Crippen molar-refractivity contribution in [2.75, 3.05) is 38.5 Å². The summed E-state index contributed by atoms with van der Waals surface area (Å²) in [6, 6.07) is 3.61. The van der Waals surface area contributed by atoms with Crippen LogP contribution in [0.2, 0.25) is 0 Å². The number of hydrogen-bond acceptors (Lipinski definition) is 4. The van der Waals surface area contributed by atoms with Crippen LogP contribution in [-0.4, -0.2) is 49.0 Å². The topological polar surface area (TPSA) is 57.3 Å². The van der Waals surface area contributed by atoms with Crippen LogP contribution in [0.4, 0.5) is 5.82 Å². The second-order valence-corrected chi connectivity index (χ2v) is 6.20. The van der Waals surface area contributed by atoms with Gasteiger partial charge in [-0.05, 0) is 36.9 Å². The van der Waals surface area contributed by atoms with Crippen molar-refractivity contribution in [2.45, 2.75) is 20.3 Å². The predicted molar refractivity (Wildman–Crippen MR) is 85.5 cm³/mol. The van der Waals surface area contributed by atoms with Gasteiger partial charge in [0.2, 0.25) is 0 Å². The van der Waals surface area contributed by atoms with E-state index in [-0.39, 0.29) is 5.91 Å². The molecular weight excluding hydrogens is 264 g/mol. The molecule has 2 heterocycles. The Hall–Kier alpha value is -1.62. The van der Waals surface area contributed by atoms with E-state index in [2.05, 4.69) is 34.4 Å². The zero-order valence-electron chi connectivity index (χ0n) is 13.2. The monoisotopic (exact) mass is 290 g/mol. The highest BCUT2D eigenvalue weighted by Gasteiger charge is 2.23. The molecule has 0 unspecified atom stereocenters. The van der Waals surface area contributed by atoms with Gasteiger partial charge in [0.1, 0.15) is 5.82 Å². The normalized spacial score (nSPS) is 19.0. The molecule has 0 aliphatic carbocycles. The number of hydrogen-bond donors (Lipinski definition) is 2. The van der Waals surface area contributed by atoms with E-state index in [1.807, 2.05) is 13.1 Å². The molecule has 116 valence electrons. The summed E-state index contributed by atoms with van der Waals surface area (Å²) in [5, 5.41) is 5.97. The number of nitrogens with one attached hydrogen (secondary N) is 2. The number of amides is 1. The lowest BCUT2D eigenvalue weighted by Crippen LogP contribution is -2.31. The highest BCUT2D eigenvalue weighted by Crippen LogP contribution is 2.16. The number of pyridine rings is 1. The van der Waals surface area contributed by atoms with E-state index in [1.165, 1.54) is 6.42 Å². The Morgan fingerprint density at radius 3 is 2.90 bits per heavy atom. The molecule has 0 spiro atoms. The number of carbonyl (C=O) groups is 1. The molecule has 0 saturated carbocycles. The lowest BCUT2D eigenvalue weighted by Gasteiger charge is -2.18. The Balaban J connectivity index is 1.76. The van der Waals surface area contributed by atoms with Gasteiger partial charge in [-0.2, -0.15) is 0 Å². The standard InChI is InChI=1S/C16H26N4O/c1-12(2)10-20-7-6-13(11-20)8-19-16(21)14-4-5-15(17-3)18-9-14/h4-5,9,12-13H,6-8,10-11H2,1-3H3,(H,17,18)(H,19,21)/t13-/m0/s1. The van der Waals surface area contributed by atoms with E-state index in [9.17, 15) is 4.79 Å². The molecule has 5 heteroatoms. The molecule has 5 nitrogen and oxygen atoms in total. The highest BCUT2D eigenvalue weighted by molar-refractivity contribution is 5.94. The third kappa shape index (κ3) is 4.70. The van der Waals surface area contributed by atoms with E-state index < -0.39 is 0 Å². The summed E-state index contributed by atoms with van der Waals surface area (Å²) in [4.78, 5) is 18.7. The Kier molecular flexibility index (Phi) is 5.56. The largest absolute Gasteiger partial charge is 0.373 e. The summed E-state index contributed by atoms with van der Waals surface area (Å²) < 4.78 is 0. The van der Waals surface area contributed by atoms with E-state index in [1.54, 1.807) is 12.3 Å². The van der Waals surface area contributed by atoms with Crippen LogP contribution in [0.5, 0.6) is 0 Å². The van der Waals surface area contributed by atoms with Crippen LogP contribution in [0, 0.1) is 11.8 Å². The van der Waals surface area contributed by atoms with Gasteiger partial charge in [0.05, 0.1) is 5.56 Å². The van der Waals surface area contributed by atoms with Crippen molar-refractivity contribution in [3.05, 3.63) is 23.9 Å². The number of carbonyl (C=O) groups excluding carboxylic acids is 1. The van der Waals surface area contributed by atoms with Crippen LogP contribution in [0.3, 0.4) is 0 Å². The fourth-order valence-electron chi connectivity index (χ4n) is 2.78. The van der Waals surface area contributed by atoms with Gasteiger partial charge in [0, 0.05) is 32.9 Å². The Morgan fingerprint density at radius 1 is 1.48 bits per heavy atom. The van der Waals surface area contributed by atoms with Crippen molar-refractivity contribution in [1.29, 1.82) is 0 Å². The molecule has 2 rings (SSSR count). The first-order valence-corrected chi connectivity index (χ1v) is 7.73. The number of aromatic nitrogens is 1. The minimum absolute atomic E-state index is 0.0348. The van der Waals surface area contributed by atoms with Crippen LogP contribution < -0.4 is 10.6 Å². The molecule has 1 aliphatic heterocycles. The molecule has 1 atom stereocenters. The Labute approximate surface area is 127 Å². The van der Waals surface area contributed by atoms with Crippen molar-refractivity contribution in [2.24, 2.45) is 11.8 Å². The maximum atomic E-state index is 12.1. The third-order valence-electron chi connectivity index (χ3n) is 3.83. The summed E-state index contributed by atoms with van der Waals surface area (Å²) in [6.07, 6.45) is 2.78. The van der Waals surface area contributed by atoms with Crippen molar-refractivity contribution < 1.29 is 4.79 Å². The molecule has 0 bridgehead atoms. The maximum Gasteiger partial charge on any atom is 0.252 e. The zero-order valence-corrected chi connectivity index (χ0v) is 13.2. The number of likely N-dealkylation sites (tertiary alicyclic amines) is 1. The smallest absolute Gasteiger partial charge is 0.252 e. The second-order valence-electron chi connectivity index (χ2n) is 6.20. The first-order valence-electron chi connectivity index (χ1n) is 7.73. The minimum Gasteiger partial charge on any atom is -0.373 e. The van der Waals surface area contributed by atoms with Crippen molar-refractivity contribution in [3.8, 4) is 0 Å². The quantitative estimate of drug-likeness (QED) is 0.839. The molecule has 1 aromatic rings. The average molecular weight is 290 g/mol. The maximum absolute atomic E-state index is 12.1. The summed E-state index contributed by atoms with van der Waals surface area (Å²) >= 11 is 0. The van der Waals surface area contributed by atoms with Gasteiger partial charge in [0.15, 0.2) is 0 Å². The molecule has 0 radical (unpaired) electrons. The van der Waals surface area contributed by atoms with Gasteiger partial charge >= 0.3 is 0 Å². The van der Waals surface area contributed by atoms with Crippen LogP contribution >= 0.6 is 0 Å². The Morgan fingerprint density at radius 2 is 2.29 bits per heavy atom. The zero-order chi connectivity index (χ0) is 15.2. The fraction of sp³-hybridized carbons (Fsp3) is 0.625. The molecule has 1 aliphatic rings. The predicted octanol–water partition coefficient (Wildman–Crippen LogP) is 1.83. The lowest BCUT2D eigenvalue weighted by atomic mass is 10.1. The van der Waals surface area contributed by atoms with Gasteiger partial charge in [0.25, 0.3) is 5.91 Å². The lowest BCUT2D eigenvalue weighted by molar-refractivity contribution is 0.0947. The number of anilines is 1. The van der Waals surface area contributed by atoms with Crippen molar-refractivity contribution in [3.63, 3.8) is 0 Å². The molecule has 1 saturated heterocycles.